The van der Waals surface area contributed by atoms with Gasteiger partial charge >= 0.3 is 0 Å². The van der Waals surface area contributed by atoms with E-state index in [1.54, 1.807) is 0 Å². The second-order valence-corrected chi connectivity index (χ2v) is 7.21. The van der Waals surface area contributed by atoms with Gasteiger partial charge in [0.25, 0.3) is 0 Å². The Kier molecular flexibility index (Phi) is 7.41. The van der Waals surface area contributed by atoms with Crippen molar-refractivity contribution >= 4 is 0 Å². The van der Waals surface area contributed by atoms with Crippen molar-refractivity contribution in [3.63, 3.8) is 0 Å². The highest BCUT2D eigenvalue weighted by atomic mass is 16.5. The molecule has 0 aliphatic carbocycles. The Labute approximate surface area is 113 Å². The lowest BCUT2D eigenvalue weighted by atomic mass is 9.92. The fraction of sp³-hybridized carbons (Fsp3) is 1.00. The molecule has 0 rings (SSSR count). The molecule has 3 heteroatoms. The van der Waals surface area contributed by atoms with Gasteiger partial charge in [-0.05, 0) is 32.1 Å². The minimum Gasteiger partial charge on any atom is -0.394 e. The van der Waals surface area contributed by atoms with Crippen LogP contribution in [-0.2, 0) is 4.74 Å². The fourth-order valence-electron chi connectivity index (χ4n) is 2.13. The largest absolute Gasteiger partial charge is 0.394 e. The van der Waals surface area contributed by atoms with E-state index < -0.39 is 0 Å². The first-order valence-electron chi connectivity index (χ1n) is 7.08. The van der Waals surface area contributed by atoms with E-state index in [-0.39, 0.29) is 18.2 Å². The average molecular weight is 259 g/mol. The summed E-state index contributed by atoms with van der Waals surface area (Å²) in [7, 11) is 0. The molecular weight excluding hydrogens is 226 g/mol. The second-order valence-electron chi connectivity index (χ2n) is 7.21. The molecule has 0 heterocycles. The third kappa shape index (κ3) is 8.90. The van der Waals surface area contributed by atoms with Gasteiger partial charge in [-0.15, -0.1) is 0 Å². The number of nitrogens with one attached hydrogen (secondary N) is 1. The Morgan fingerprint density at radius 2 is 1.67 bits per heavy atom. The fourth-order valence-corrected chi connectivity index (χ4v) is 2.13. The summed E-state index contributed by atoms with van der Waals surface area (Å²) in [4.78, 5) is 0. The molecule has 0 spiro atoms. The van der Waals surface area contributed by atoms with Gasteiger partial charge < -0.3 is 15.2 Å². The van der Waals surface area contributed by atoms with Crippen LogP contribution < -0.4 is 5.32 Å². The van der Waals surface area contributed by atoms with Crippen LogP contribution in [0.3, 0.4) is 0 Å². The molecule has 0 fully saturated rings. The maximum atomic E-state index is 9.52. The van der Waals surface area contributed by atoms with Crippen molar-refractivity contribution in [2.45, 2.75) is 79.0 Å². The first-order valence-corrected chi connectivity index (χ1v) is 7.08. The van der Waals surface area contributed by atoms with E-state index in [1.807, 2.05) is 0 Å². The first kappa shape index (κ1) is 17.9. The van der Waals surface area contributed by atoms with E-state index in [4.69, 9.17) is 4.74 Å². The van der Waals surface area contributed by atoms with Gasteiger partial charge in [0.1, 0.15) is 0 Å². The summed E-state index contributed by atoms with van der Waals surface area (Å²) in [5, 5.41) is 12.9. The number of hydrogen-bond donors (Lipinski definition) is 2. The zero-order valence-corrected chi connectivity index (χ0v) is 13.3. The van der Waals surface area contributed by atoms with Crippen LogP contribution in [0.5, 0.6) is 0 Å². The topological polar surface area (TPSA) is 41.5 Å². The molecule has 2 unspecified atom stereocenters. The van der Waals surface area contributed by atoms with Crippen LogP contribution in [0.1, 0.15) is 61.3 Å². The number of aliphatic hydroxyl groups is 1. The van der Waals surface area contributed by atoms with Crippen LogP contribution in [0.2, 0.25) is 0 Å². The molecule has 0 aromatic rings. The summed E-state index contributed by atoms with van der Waals surface area (Å²) in [6.45, 7) is 15.9. The van der Waals surface area contributed by atoms with Crippen molar-refractivity contribution in [3.8, 4) is 0 Å². The molecule has 0 aromatic heterocycles. The van der Waals surface area contributed by atoms with Gasteiger partial charge in [0.05, 0.1) is 12.7 Å². The number of ether oxygens (including phenoxy) is 1. The summed E-state index contributed by atoms with van der Waals surface area (Å²) >= 11 is 0. The highest BCUT2D eigenvalue weighted by Crippen LogP contribution is 2.20. The monoisotopic (exact) mass is 259 g/mol. The SMILES string of the molecule is CC(C)NC(C)(CO)CC(C)OCCC(C)(C)C. The van der Waals surface area contributed by atoms with Crippen molar-refractivity contribution in [1.29, 1.82) is 0 Å². The normalized spacial score (nSPS) is 17.8. The quantitative estimate of drug-likeness (QED) is 0.704. The van der Waals surface area contributed by atoms with Crippen molar-refractivity contribution < 1.29 is 9.84 Å². The highest BCUT2D eigenvalue weighted by Gasteiger charge is 2.26. The lowest BCUT2D eigenvalue weighted by molar-refractivity contribution is 0.0156. The zero-order valence-electron chi connectivity index (χ0n) is 13.3. The van der Waals surface area contributed by atoms with Crippen molar-refractivity contribution in [3.05, 3.63) is 0 Å². The van der Waals surface area contributed by atoms with Crippen LogP contribution in [0.4, 0.5) is 0 Å². The van der Waals surface area contributed by atoms with Gasteiger partial charge in [0, 0.05) is 18.2 Å². The minimum absolute atomic E-state index is 0.137. The first-order chi connectivity index (χ1) is 8.08. The van der Waals surface area contributed by atoms with Crippen LogP contribution in [-0.4, -0.2) is 36.0 Å². The van der Waals surface area contributed by atoms with E-state index in [9.17, 15) is 5.11 Å². The van der Waals surface area contributed by atoms with Crippen LogP contribution in [0.25, 0.3) is 0 Å². The van der Waals surface area contributed by atoms with E-state index in [0.717, 1.165) is 19.4 Å². The van der Waals surface area contributed by atoms with Crippen LogP contribution in [0, 0.1) is 5.41 Å². The molecule has 110 valence electrons. The highest BCUT2D eigenvalue weighted by molar-refractivity contribution is 4.86. The second kappa shape index (κ2) is 7.46. The van der Waals surface area contributed by atoms with E-state index in [2.05, 4.69) is 53.8 Å². The number of aliphatic hydroxyl groups excluding tert-OH is 1. The van der Waals surface area contributed by atoms with Gasteiger partial charge in [0.2, 0.25) is 0 Å². The molecule has 3 nitrogen and oxygen atoms in total. The van der Waals surface area contributed by atoms with Gasteiger partial charge in [-0.1, -0.05) is 34.6 Å². The van der Waals surface area contributed by atoms with E-state index >= 15 is 0 Å². The molecular formula is C15H33NO2. The lowest BCUT2D eigenvalue weighted by Crippen LogP contribution is -2.51. The molecule has 0 bridgehead atoms. The molecule has 0 amide bonds. The molecule has 0 aliphatic rings. The Bertz CT molecular complexity index is 223. The third-order valence-electron chi connectivity index (χ3n) is 2.98. The molecule has 0 aromatic carbocycles. The van der Waals surface area contributed by atoms with Gasteiger partial charge in [0.15, 0.2) is 0 Å². The predicted octanol–water partition coefficient (Wildman–Crippen LogP) is 2.97. The minimum atomic E-state index is -0.255. The molecule has 18 heavy (non-hydrogen) atoms. The van der Waals surface area contributed by atoms with Gasteiger partial charge in [-0.25, -0.2) is 0 Å². The summed E-state index contributed by atoms with van der Waals surface area (Å²) in [6.07, 6.45) is 2.05. The number of rotatable bonds is 8. The third-order valence-corrected chi connectivity index (χ3v) is 2.98. The maximum Gasteiger partial charge on any atom is 0.0611 e. The number of hydrogen-bond acceptors (Lipinski definition) is 3. The summed E-state index contributed by atoms with van der Waals surface area (Å²) < 4.78 is 5.85. The Morgan fingerprint density at radius 1 is 1.11 bits per heavy atom. The standard InChI is InChI=1S/C15H33NO2/c1-12(2)16-15(7,11-17)10-13(3)18-9-8-14(4,5)6/h12-13,16-17H,8-11H2,1-7H3. The zero-order chi connectivity index (χ0) is 14.4. The molecule has 2 N–H and O–H groups in total. The molecule has 0 saturated heterocycles. The summed E-state index contributed by atoms with van der Waals surface area (Å²) in [6, 6.07) is 0.365. The Morgan fingerprint density at radius 3 is 2.06 bits per heavy atom. The molecule has 0 saturated carbocycles. The van der Waals surface area contributed by atoms with Crippen molar-refractivity contribution in [2.24, 2.45) is 5.41 Å². The van der Waals surface area contributed by atoms with Crippen molar-refractivity contribution in [2.75, 3.05) is 13.2 Å². The molecule has 2 atom stereocenters. The Balaban J connectivity index is 4.07. The Hall–Kier alpha value is -0.120. The van der Waals surface area contributed by atoms with Crippen LogP contribution >= 0.6 is 0 Å². The smallest absolute Gasteiger partial charge is 0.0611 e. The average Bonchev–Trinajstić information content (AvgIpc) is 2.13. The maximum absolute atomic E-state index is 9.52. The van der Waals surface area contributed by atoms with E-state index in [0.29, 0.717) is 11.5 Å². The van der Waals surface area contributed by atoms with Gasteiger partial charge in [-0.3, -0.25) is 0 Å². The lowest BCUT2D eigenvalue weighted by Gasteiger charge is -2.33. The summed E-state index contributed by atoms with van der Waals surface area (Å²) in [5.41, 5.74) is 0.0610. The van der Waals surface area contributed by atoms with E-state index in [1.165, 1.54) is 0 Å². The van der Waals surface area contributed by atoms with Crippen molar-refractivity contribution in [1.82, 2.24) is 5.32 Å². The summed E-state index contributed by atoms with van der Waals surface area (Å²) in [5.74, 6) is 0. The van der Waals surface area contributed by atoms with Crippen LogP contribution in [0.15, 0.2) is 0 Å². The predicted molar refractivity (Wildman–Crippen MR) is 77.9 cm³/mol. The molecule has 0 radical (unpaired) electrons. The van der Waals surface area contributed by atoms with Gasteiger partial charge in [-0.2, -0.15) is 0 Å². The molecule has 0 aliphatic heterocycles.